The first-order chi connectivity index (χ1) is 14.9. The Morgan fingerprint density at radius 2 is 1.55 bits per heavy atom. The van der Waals surface area contributed by atoms with Crippen LogP contribution in [0.15, 0.2) is 60.9 Å². The summed E-state index contributed by atoms with van der Waals surface area (Å²) in [6.07, 6.45) is 4.34. The molecule has 7 heteroatoms. The van der Waals surface area contributed by atoms with Crippen LogP contribution in [0.25, 0.3) is 21.8 Å². The fourth-order valence-electron chi connectivity index (χ4n) is 4.05. The summed E-state index contributed by atoms with van der Waals surface area (Å²) >= 11 is 0. The predicted octanol–water partition coefficient (Wildman–Crippen LogP) is 2.81. The molecule has 1 amide bonds. The molecular formula is C24H26N4O3. The minimum atomic E-state index is -1.26. The van der Waals surface area contributed by atoms with Crippen LogP contribution >= 0.6 is 0 Å². The summed E-state index contributed by atoms with van der Waals surface area (Å²) in [6.45, 7) is 1.66. The normalized spacial score (nSPS) is 14.3. The van der Waals surface area contributed by atoms with Gasteiger partial charge in [-0.25, -0.2) is 4.79 Å². The van der Waals surface area contributed by atoms with Crippen molar-refractivity contribution in [3.8, 4) is 0 Å². The second-order valence-electron chi connectivity index (χ2n) is 8.02. The van der Waals surface area contributed by atoms with E-state index in [1.165, 1.54) is 7.11 Å². The summed E-state index contributed by atoms with van der Waals surface area (Å²) in [5, 5.41) is 4.87. The Labute approximate surface area is 180 Å². The number of para-hydroxylation sites is 2. The number of benzene rings is 2. The van der Waals surface area contributed by atoms with Crippen molar-refractivity contribution in [2.24, 2.45) is 5.73 Å². The van der Waals surface area contributed by atoms with Crippen LogP contribution in [0, 0.1) is 0 Å². The Balaban J connectivity index is 1.54. The maximum absolute atomic E-state index is 13.0. The highest BCUT2D eigenvalue weighted by atomic mass is 16.5. The van der Waals surface area contributed by atoms with Crippen molar-refractivity contribution < 1.29 is 14.3 Å². The van der Waals surface area contributed by atoms with Gasteiger partial charge in [-0.1, -0.05) is 36.4 Å². The number of hydrogen-bond acceptors (Lipinski definition) is 4. The van der Waals surface area contributed by atoms with Gasteiger partial charge >= 0.3 is 5.97 Å². The second kappa shape index (κ2) is 8.28. The van der Waals surface area contributed by atoms with Gasteiger partial charge in [0.25, 0.3) is 0 Å². The number of nitrogens with one attached hydrogen (secondary N) is 3. The van der Waals surface area contributed by atoms with E-state index < -0.39 is 23.5 Å². The lowest BCUT2D eigenvalue weighted by molar-refractivity contribution is -0.150. The smallest absolute Gasteiger partial charge is 0.331 e. The van der Waals surface area contributed by atoms with Gasteiger partial charge < -0.3 is 25.8 Å². The lowest BCUT2D eigenvalue weighted by Crippen LogP contribution is -2.58. The minimum absolute atomic E-state index is 0.273. The average Bonchev–Trinajstić information content (AvgIpc) is 3.37. The molecule has 0 fully saturated rings. The van der Waals surface area contributed by atoms with Crippen molar-refractivity contribution in [1.29, 1.82) is 0 Å². The van der Waals surface area contributed by atoms with E-state index in [4.69, 9.17) is 10.5 Å². The van der Waals surface area contributed by atoms with Crippen LogP contribution in [-0.2, 0) is 27.2 Å². The third-order valence-electron chi connectivity index (χ3n) is 5.71. The molecule has 2 atom stereocenters. The Morgan fingerprint density at radius 3 is 2.16 bits per heavy atom. The monoisotopic (exact) mass is 418 g/mol. The summed E-state index contributed by atoms with van der Waals surface area (Å²) in [5.74, 6) is -0.927. The molecular weight excluding hydrogens is 392 g/mol. The van der Waals surface area contributed by atoms with Crippen molar-refractivity contribution in [2.45, 2.75) is 31.3 Å². The number of ether oxygens (including phenoxy) is 1. The molecule has 4 aromatic rings. The van der Waals surface area contributed by atoms with E-state index in [1.807, 2.05) is 60.9 Å². The average molecular weight is 418 g/mol. The molecule has 0 radical (unpaired) electrons. The molecule has 0 unspecified atom stereocenters. The SMILES string of the molecule is COC(=O)[C@](C)(Cc1c[nH]c2ccccc12)NC(=O)[C@@H](N)Cc1c[nH]c2ccccc12. The highest BCUT2D eigenvalue weighted by Gasteiger charge is 2.38. The summed E-state index contributed by atoms with van der Waals surface area (Å²) < 4.78 is 5.01. The number of nitrogens with two attached hydrogens (primary N) is 1. The van der Waals surface area contributed by atoms with Crippen LogP contribution in [0.1, 0.15) is 18.1 Å². The number of H-pyrrole nitrogens is 2. The fraction of sp³-hybridized carbons (Fsp3) is 0.250. The number of methoxy groups -OCH3 is 1. The Morgan fingerprint density at radius 1 is 1.00 bits per heavy atom. The molecule has 2 heterocycles. The number of esters is 1. The third-order valence-corrected chi connectivity index (χ3v) is 5.71. The molecule has 2 aromatic heterocycles. The number of amides is 1. The highest BCUT2D eigenvalue weighted by molar-refractivity contribution is 5.92. The van der Waals surface area contributed by atoms with E-state index in [-0.39, 0.29) is 6.42 Å². The zero-order chi connectivity index (χ0) is 22.0. The van der Waals surface area contributed by atoms with Crippen LogP contribution in [-0.4, -0.2) is 40.5 Å². The van der Waals surface area contributed by atoms with Crippen molar-refractivity contribution in [1.82, 2.24) is 15.3 Å². The maximum atomic E-state index is 13.0. The van der Waals surface area contributed by atoms with Gasteiger partial charge in [0.1, 0.15) is 5.54 Å². The standard InChI is InChI=1S/C24H26N4O3/c1-24(23(30)31-2,12-16-14-27-21-10-6-4-8-18(16)21)28-22(29)19(25)11-15-13-26-20-9-5-3-7-17(15)20/h3-10,13-14,19,26-27H,11-12,25H2,1-2H3,(H,28,29)/t19-,24-/m0/s1. The van der Waals surface area contributed by atoms with Gasteiger partial charge in [-0.15, -0.1) is 0 Å². The lowest BCUT2D eigenvalue weighted by atomic mass is 9.91. The topological polar surface area (TPSA) is 113 Å². The molecule has 0 saturated heterocycles. The molecule has 5 N–H and O–H groups in total. The number of rotatable bonds is 7. The molecule has 0 aliphatic heterocycles. The van der Waals surface area contributed by atoms with Crippen LogP contribution in [0.5, 0.6) is 0 Å². The van der Waals surface area contributed by atoms with Gasteiger partial charge in [-0.2, -0.15) is 0 Å². The molecule has 0 aliphatic carbocycles. The highest BCUT2D eigenvalue weighted by Crippen LogP contribution is 2.24. The van der Waals surface area contributed by atoms with Gasteiger partial charge in [-0.05, 0) is 36.6 Å². The van der Waals surface area contributed by atoms with Gasteiger partial charge in [0.2, 0.25) is 5.91 Å². The summed E-state index contributed by atoms with van der Waals surface area (Å²) in [4.78, 5) is 32.0. The quantitative estimate of drug-likeness (QED) is 0.346. The first-order valence-electron chi connectivity index (χ1n) is 10.2. The molecule has 2 aromatic carbocycles. The van der Waals surface area contributed by atoms with Gasteiger partial charge in [0, 0.05) is 40.6 Å². The number of carbonyl (C=O) groups excluding carboxylic acids is 2. The van der Waals surface area contributed by atoms with E-state index in [9.17, 15) is 9.59 Å². The Kier molecular flexibility index (Phi) is 5.52. The van der Waals surface area contributed by atoms with Crippen LogP contribution < -0.4 is 11.1 Å². The predicted molar refractivity (Wildman–Crippen MR) is 121 cm³/mol. The molecule has 0 aliphatic rings. The molecule has 0 saturated carbocycles. The Hall–Kier alpha value is -3.58. The van der Waals surface area contributed by atoms with Crippen LogP contribution in [0.3, 0.4) is 0 Å². The van der Waals surface area contributed by atoms with Crippen molar-refractivity contribution >= 4 is 33.7 Å². The molecule has 31 heavy (non-hydrogen) atoms. The van der Waals surface area contributed by atoms with Gasteiger partial charge in [0.05, 0.1) is 13.2 Å². The third kappa shape index (κ3) is 4.04. The first kappa shape index (κ1) is 20.7. The van der Waals surface area contributed by atoms with Crippen LogP contribution in [0.2, 0.25) is 0 Å². The zero-order valence-electron chi connectivity index (χ0n) is 17.6. The molecule has 0 spiro atoms. The van der Waals surface area contributed by atoms with E-state index >= 15 is 0 Å². The summed E-state index contributed by atoms with van der Waals surface area (Å²) in [5.41, 5.74) is 8.79. The van der Waals surface area contributed by atoms with E-state index in [0.717, 1.165) is 32.9 Å². The van der Waals surface area contributed by atoms with E-state index in [0.29, 0.717) is 6.42 Å². The number of carbonyl (C=O) groups is 2. The molecule has 7 nitrogen and oxygen atoms in total. The number of hydrogen-bond donors (Lipinski definition) is 4. The zero-order valence-corrected chi connectivity index (χ0v) is 17.6. The number of aromatic nitrogens is 2. The largest absolute Gasteiger partial charge is 0.467 e. The van der Waals surface area contributed by atoms with Gasteiger partial charge in [0.15, 0.2) is 0 Å². The fourth-order valence-corrected chi connectivity index (χ4v) is 4.05. The molecule has 160 valence electrons. The number of fused-ring (bicyclic) bond motifs is 2. The van der Waals surface area contributed by atoms with Crippen LogP contribution in [0.4, 0.5) is 0 Å². The Bertz CT molecular complexity index is 1240. The summed E-state index contributed by atoms with van der Waals surface area (Å²) in [6, 6.07) is 14.8. The molecule has 0 bridgehead atoms. The van der Waals surface area contributed by atoms with E-state index in [1.54, 1.807) is 6.92 Å². The van der Waals surface area contributed by atoms with Gasteiger partial charge in [-0.3, -0.25) is 4.79 Å². The lowest BCUT2D eigenvalue weighted by Gasteiger charge is -2.29. The van der Waals surface area contributed by atoms with E-state index in [2.05, 4.69) is 15.3 Å². The first-order valence-corrected chi connectivity index (χ1v) is 10.2. The van der Waals surface area contributed by atoms with Crippen molar-refractivity contribution in [3.63, 3.8) is 0 Å². The van der Waals surface area contributed by atoms with Crippen molar-refractivity contribution in [3.05, 3.63) is 72.1 Å². The minimum Gasteiger partial charge on any atom is -0.467 e. The maximum Gasteiger partial charge on any atom is 0.331 e. The van der Waals surface area contributed by atoms with Crippen molar-refractivity contribution in [2.75, 3.05) is 7.11 Å². The molecule has 4 rings (SSSR count). The summed E-state index contributed by atoms with van der Waals surface area (Å²) in [7, 11) is 1.31. The second-order valence-corrected chi connectivity index (χ2v) is 8.02. The number of aromatic amines is 2.